The second-order valence-corrected chi connectivity index (χ2v) is 3.09. The van der Waals surface area contributed by atoms with Crippen LogP contribution in [0.2, 0.25) is 0 Å². The average molecular weight is 158 g/mol. The summed E-state index contributed by atoms with van der Waals surface area (Å²) in [7, 11) is 0. The molecule has 0 aromatic carbocycles. The minimum atomic E-state index is -0.665. The summed E-state index contributed by atoms with van der Waals surface area (Å²) in [6.45, 7) is 3.93. The summed E-state index contributed by atoms with van der Waals surface area (Å²) in [6, 6.07) is 0. The number of hydrogen-bond acceptors (Lipinski definition) is 1. The first kappa shape index (κ1) is 10.5. The van der Waals surface area contributed by atoms with E-state index in [1.807, 2.05) is 0 Å². The molecule has 0 bridgehead atoms. The van der Waals surface area contributed by atoms with Crippen molar-refractivity contribution in [1.82, 2.24) is 0 Å². The molecule has 1 N–H and O–H groups in total. The zero-order valence-corrected chi connectivity index (χ0v) is 7.47. The monoisotopic (exact) mass is 158 g/mol. The Morgan fingerprint density at radius 1 is 1.36 bits per heavy atom. The van der Waals surface area contributed by atoms with Crippen molar-refractivity contribution in [2.75, 3.05) is 0 Å². The van der Waals surface area contributed by atoms with Crippen molar-refractivity contribution in [3.05, 3.63) is 0 Å². The van der Waals surface area contributed by atoms with E-state index in [1.54, 1.807) is 6.92 Å². The number of rotatable bonds is 6. The SMILES string of the molecule is CCCCCCC(C)C(=O)O. The van der Waals surface area contributed by atoms with Crippen LogP contribution in [0.3, 0.4) is 0 Å². The van der Waals surface area contributed by atoms with Crippen molar-refractivity contribution in [1.29, 1.82) is 0 Å². The number of unbranched alkanes of at least 4 members (excludes halogenated alkanes) is 3. The van der Waals surface area contributed by atoms with Crippen molar-refractivity contribution < 1.29 is 9.90 Å². The molecule has 0 heterocycles. The molecule has 0 aromatic heterocycles. The average Bonchev–Trinajstić information content (AvgIpc) is 1.97. The lowest BCUT2D eigenvalue weighted by atomic mass is 10.0. The molecule has 2 nitrogen and oxygen atoms in total. The van der Waals surface area contributed by atoms with Crippen LogP contribution >= 0.6 is 0 Å². The van der Waals surface area contributed by atoms with Crippen LogP contribution in [0, 0.1) is 5.92 Å². The van der Waals surface area contributed by atoms with Crippen molar-refractivity contribution in [3.8, 4) is 0 Å². The Balaban J connectivity index is 3.17. The van der Waals surface area contributed by atoms with Gasteiger partial charge in [0.1, 0.15) is 0 Å². The van der Waals surface area contributed by atoms with E-state index in [2.05, 4.69) is 6.92 Å². The number of carboxylic acid groups (broad SMARTS) is 1. The van der Waals surface area contributed by atoms with Gasteiger partial charge < -0.3 is 5.11 Å². The van der Waals surface area contributed by atoms with Crippen LogP contribution in [-0.4, -0.2) is 11.1 Å². The fourth-order valence-corrected chi connectivity index (χ4v) is 1.00. The fraction of sp³-hybridized carbons (Fsp3) is 0.889. The summed E-state index contributed by atoms with van der Waals surface area (Å²) in [4.78, 5) is 10.4. The van der Waals surface area contributed by atoms with Crippen molar-refractivity contribution in [2.24, 2.45) is 5.92 Å². The summed E-state index contributed by atoms with van der Waals surface area (Å²) in [5.41, 5.74) is 0. The molecule has 2 heteroatoms. The third-order valence-electron chi connectivity index (χ3n) is 1.91. The molecule has 0 fully saturated rings. The summed E-state index contributed by atoms with van der Waals surface area (Å²) in [5.74, 6) is -0.826. The Bertz CT molecular complexity index is 110. The molecule has 0 aliphatic carbocycles. The van der Waals surface area contributed by atoms with Crippen molar-refractivity contribution >= 4 is 5.97 Å². The maximum Gasteiger partial charge on any atom is 0.306 e. The normalized spacial score (nSPS) is 12.9. The van der Waals surface area contributed by atoms with E-state index in [0.717, 1.165) is 12.8 Å². The molecule has 0 spiro atoms. The molecule has 0 saturated heterocycles. The third kappa shape index (κ3) is 5.89. The highest BCUT2D eigenvalue weighted by molar-refractivity contribution is 5.69. The van der Waals surface area contributed by atoms with Gasteiger partial charge in [-0.15, -0.1) is 0 Å². The first-order valence-corrected chi connectivity index (χ1v) is 4.41. The van der Waals surface area contributed by atoms with E-state index in [9.17, 15) is 4.79 Å². The van der Waals surface area contributed by atoms with Gasteiger partial charge in [-0.1, -0.05) is 39.5 Å². The molecule has 0 saturated carbocycles. The predicted octanol–water partition coefficient (Wildman–Crippen LogP) is 2.68. The molecule has 0 amide bonds. The molecule has 0 aliphatic heterocycles. The fourth-order valence-electron chi connectivity index (χ4n) is 1.00. The molecule has 11 heavy (non-hydrogen) atoms. The number of carboxylic acids is 1. The van der Waals surface area contributed by atoms with Gasteiger partial charge in [0.05, 0.1) is 5.92 Å². The van der Waals surface area contributed by atoms with Gasteiger partial charge in [-0.2, -0.15) is 0 Å². The first-order valence-electron chi connectivity index (χ1n) is 4.41. The van der Waals surface area contributed by atoms with E-state index in [1.165, 1.54) is 19.3 Å². The first-order chi connectivity index (χ1) is 5.18. The van der Waals surface area contributed by atoms with Gasteiger partial charge >= 0.3 is 5.97 Å². The van der Waals surface area contributed by atoms with Gasteiger partial charge in [-0.25, -0.2) is 0 Å². The Morgan fingerprint density at radius 2 is 2.00 bits per heavy atom. The summed E-state index contributed by atoms with van der Waals surface area (Å²) in [6.07, 6.45) is 5.50. The molecule has 0 aliphatic rings. The summed E-state index contributed by atoms with van der Waals surface area (Å²) >= 11 is 0. The quantitative estimate of drug-likeness (QED) is 0.603. The van der Waals surface area contributed by atoms with Crippen molar-refractivity contribution in [2.45, 2.75) is 46.0 Å². The number of hydrogen-bond donors (Lipinski definition) is 1. The highest BCUT2D eigenvalue weighted by atomic mass is 16.4. The van der Waals surface area contributed by atoms with Crippen molar-refractivity contribution in [3.63, 3.8) is 0 Å². The second-order valence-electron chi connectivity index (χ2n) is 3.09. The van der Waals surface area contributed by atoms with Crippen LogP contribution in [-0.2, 0) is 4.79 Å². The van der Waals surface area contributed by atoms with Gasteiger partial charge in [0.15, 0.2) is 0 Å². The van der Waals surface area contributed by atoms with Gasteiger partial charge in [-0.05, 0) is 6.42 Å². The molecule has 1 atom stereocenters. The van der Waals surface area contributed by atoms with E-state index in [4.69, 9.17) is 5.11 Å². The Morgan fingerprint density at radius 3 is 2.45 bits per heavy atom. The number of aliphatic carboxylic acids is 1. The lowest BCUT2D eigenvalue weighted by Crippen LogP contribution is -2.08. The van der Waals surface area contributed by atoms with E-state index >= 15 is 0 Å². The molecule has 0 aromatic rings. The predicted molar refractivity (Wildman–Crippen MR) is 45.6 cm³/mol. The van der Waals surface area contributed by atoms with E-state index < -0.39 is 5.97 Å². The molecule has 0 radical (unpaired) electrons. The molecular formula is C9H18O2. The lowest BCUT2D eigenvalue weighted by Gasteiger charge is -2.04. The lowest BCUT2D eigenvalue weighted by molar-refractivity contribution is -0.141. The highest BCUT2D eigenvalue weighted by Crippen LogP contribution is 2.09. The minimum Gasteiger partial charge on any atom is -0.481 e. The van der Waals surface area contributed by atoms with Crippen LogP contribution in [0.1, 0.15) is 46.0 Å². The van der Waals surface area contributed by atoms with Gasteiger partial charge in [0, 0.05) is 0 Å². The largest absolute Gasteiger partial charge is 0.481 e. The van der Waals surface area contributed by atoms with Gasteiger partial charge in [0.2, 0.25) is 0 Å². The molecule has 1 unspecified atom stereocenters. The summed E-state index contributed by atoms with van der Waals surface area (Å²) < 4.78 is 0. The maximum absolute atomic E-state index is 10.4. The van der Waals surface area contributed by atoms with Crippen LogP contribution in [0.15, 0.2) is 0 Å². The zero-order chi connectivity index (χ0) is 8.69. The van der Waals surface area contributed by atoms with Gasteiger partial charge in [-0.3, -0.25) is 4.79 Å². The Hall–Kier alpha value is -0.530. The molecular weight excluding hydrogens is 140 g/mol. The van der Waals surface area contributed by atoms with Crippen LogP contribution < -0.4 is 0 Å². The Kier molecular flexibility index (Phi) is 5.90. The maximum atomic E-state index is 10.4. The highest BCUT2D eigenvalue weighted by Gasteiger charge is 2.08. The van der Waals surface area contributed by atoms with Crippen LogP contribution in [0.5, 0.6) is 0 Å². The third-order valence-corrected chi connectivity index (χ3v) is 1.91. The second kappa shape index (κ2) is 6.20. The van der Waals surface area contributed by atoms with Crippen LogP contribution in [0.4, 0.5) is 0 Å². The Labute approximate surface area is 68.6 Å². The standard InChI is InChI=1S/C9H18O2/c1-3-4-5-6-7-8(2)9(10)11/h8H,3-7H2,1-2H3,(H,10,11). The van der Waals surface area contributed by atoms with E-state index in [-0.39, 0.29) is 5.92 Å². The molecule has 0 rings (SSSR count). The minimum absolute atomic E-state index is 0.160. The zero-order valence-electron chi connectivity index (χ0n) is 7.47. The summed E-state index contributed by atoms with van der Waals surface area (Å²) in [5, 5.41) is 8.54. The topological polar surface area (TPSA) is 37.3 Å². The van der Waals surface area contributed by atoms with Gasteiger partial charge in [0.25, 0.3) is 0 Å². The van der Waals surface area contributed by atoms with Crippen LogP contribution in [0.25, 0.3) is 0 Å². The molecule has 66 valence electrons. The van der Waals surface area contributed by atoms with E-state index in [0.29, 0.717) is 0 Å². The number of carbonyl (C=O) groups is 1. The smallest absolute Gasteiger partial charge is 0.306 e.